The molecule has 0 aromatic carbocycles. The number of carbonyl (C=O) groups is 1. The molecule has 0 saturated heterocycles. The lowest BCUT2D eigenvalue weighted by atomic mass is 10.1. The highest BCUT2D eigenvalue weighted by Crippen LogP contribution is 2.03. The number of ether oxygens (including phenoxy) is 1. The largest absolute Gasteiger partial charge is 0.466 e. The van der Waals surface area contributed by atoms with Gasteiger partial charge in [-0.25, -0.2) is 0 Å². The van der Waals surface area contributed by atoms with Crippen LogP contribution in [-0.4, -0.2) is 12.6 Å². The minimum absolute atomic E-state index is 0.206. The van der Waals surface area contributed by atoms with Gasteiger partial charge in [0.25, 0.3) is 0 Å². The first-order valence-corrected chi connectivity index (χ1v) is 4.94. The summed E-state index contributed by atoms with van der Waals surface area (Å²) in [7, 11) is 0. The molecule has 0 fully saturated rings. The number of esters is 1. The highest BCUT2D eigenvalue weighted by Gasteiger charge is 1.93. The number of carbonyl (C=O) groups excluding carboxylic acids is 1. The van der Waals surface area contributed by atoms with E-state index in [1.807, 2.05) is 0 Å². The van der Waals surface area contributed by atoms with E-state index >= 15 is 0 Å². The maximum Gasteiger partial charge on any atom is 0.302 e. The van der Waals surface area contributed by atoms with Crippen LogP contribution in [0.2, 0.25) is 0 Å². The van der Waals surface area contributed by atoms with Crippen LogP contribution in [-0.2, 0) is 9.53 Å². The molecule has 0 aromatic rings. The van der Waals surface area contributed by atoms with Gasteiger partial charge in [-0.15, -0.1) is 0 Å². The average molecular weight is 196 g/mol. The number of allylic oxidation sites excluding steroid dienone is 3. The third kappa shape index (κ3) is 9.04. The Kier molecular flexibility index (Phi) is 6.81. The zero-order chi connectivity index (χ0) is 11.0. The standard InChI is InChI=1S/C12H20O2/c1-10(2)6-5-7-11(3)8-9-14-12(4)13/h6-7H,5,8-9H2,1-4H3/b11-7+. The van der Waals surface area contributed by atoms with E-state index in [9.17, 15) is 4.79 Å². The Bertz CT molecular complexity index is 233. The highest BCUT2D eigenvalue weighted by molar-refractivity contribution is 5.65. The summed E-state index contributed by atoms with van der Waals surface area (Å²) in [6.45, 7) is 8.15. The molecule has 0 aliphatic carbocycles. The van der Waals surface area contributed by atoms with Gasteiger partial charge in [-0.05, 0) is 27.2 Å². The Morgan fingerprint density at radius 1 is 1.14 bits per heavy atom. The van der Waals surface area contributed by atoms with E-state index in [0.717, 1.165) is 12.8 Å². The molecule has 0 spiro atoms. The lowest BCUT2D eigenvalue weighted by Gasteiger charge is -2.01. The maximum absolute atomic E-state index is 10.5. The first-order valence-electron chi connectivity index (χ1n) is 4.94. The summed E-state index contributed by atoms with van der Waals surface area (Å²) in [5, 5.41) is 0. The van der Waals surface area contributed by atoms with Crippen molar-refractivity contribution in [1.29, 1.82) is 0 Å². The summed E-state index contributed by atoms with van der Waals surface area (Å²) in [6.07, 6.45) is 6.14. The molecular weight excluding hydrogens is 176 g/mol. The average Bonchev–Trinajstić information content (AvgIpc) is 2.02. The molecule has 14 heavy (non-hydrogen) atoms. The van der Waals surface area contributed by atoms with E-state index in [1.54, 1.807) is 0 Å². The molecular formula is C12H20O2. The second kappa shape index (κ2) is 7.36. The quantitative estimate of drug-likeness (QED) is 0.498. The van der Waals surface area contributed by atoms with Gasteiger partial charge in [0.1, 0.15) is 0 Å². The van der Waals surface area contributed by atoms with Crippen LogP contribution < -0.4 is 0 Å². The van der Waals surface area contributed by atoms with Gasteiger partial charge in [0.05, 0.1) is 6.61 Å². The van der Waals surface area contributed by atoms with Gasteiger partial charge in [-0.1, -0.05) is 23.3 Å². The third-order valence-corrected chi connectivity index (χ3v) is 1.79. The zero-order valence-corrected chi connectivity index (χ0v) is 9.59. The van der Waals surface area contributed by atoms with Gasteiger partial charge < -0.3 is 4.74 Å². The van der Waals surface area contributed by atoms with Crippen LogP contribution in [0.3, 0.4) is 0 Å². The lowest BCUT2D eigenvalue weighted by molar-refractivity contribution is -0.140. The Morgan fingerprint density at radius 2 is 1.79 bits per heavy atom. The fourth-order valence-electron chi connectivity index (χ4n) is 0.954. The molecule has 2 heteroatoms. The van der Waals surface area contributed by atoms with Crippen molar-refractivity contribution >= 4 is 5.97 Å². The van der Waals surface area contributed by atoms with Gasteiger partial charge in [0.15, 0.2) is 0 Å². The van der Waals surface area contributed by atoms with Crippen molar-refractivity contribution in [3.05, 3.63) is 23.3 Å². The monoisotopic (exact) mass is 196 g/mol. The van der Waals surface area contributed by atoms with Crippen LogP contribution in [0, 0.1) is 0 Å². The molecule has 0 bridgehead atoms. The van der Waals surface area contributed by atoms with Gasteiger partial charge in [-0.2, -0.15) is 0 Å². The Morgan fingerprint density at radius 3 is 2.29 bits per heavy atom. The number of rotatable bonds is 5. The summed E-state index contributed by atoms with van der Waals surface area (Å²) in [5.41, 5.74) is 2.60. The fraction of sp³-hybridized carbons (Fsp3) is 0.583. The Labute approximate surface area is 86.6 Å². The van der Waals surface area contributed by atoms with Crippen molar-refractivity contribution in [1.82, 2.24) is 0 Å². The normalized spacial score (nSPS) is 11.0. The second-order valence-electron chi connectivity index (χ2n) is 3.66. The zero-order valence-electron chi connectivity index (χ0n) is 9.59. The van der Waals surface area contributed by atoms with Gasteiger partial charge >= 0.3 is 5.97 Å². The van der Waals surface area contributed by atoms with Crippen molar-refractivity contribution in [3.8, 4) is 0 Å². The topological polar surface area (TPSA) is 26.3 Å². The molecule has 0 radical (unpaired) electrons. The molecule has 0 unspecified atom stereocenters. The maximum atomic E-state index is 10.5. The summed E-state index contributed by atoms with van der Waals surface area (Å²) in [5.74, 6) is -0.206. The van der Waals surface area contributed by atoms with Crippen molar-refractivity contribution in [2.24, 2.45) is 0 Å². The molecule has 2 nitrogen and oxygen atoms in total. The molecule has 0 atom stereocenters. The predicted molar refractivity (Wildman–Crippen MR) is 59.1 cm³/mol. The smallest absolute Gasteiger partial charge is 0.302 e. The molecule has 0 amide bonds. The number of hydrogen-bond acceptors (Lipinski definition) is 2. The molecule has 0 aliphatic rings. The van der Waals surface area contributed by atoms with E-state index in [4.69, 9.17) is 4.74 Å². The second-order valence-corrected chi connectivity index (χ2v) is 3.66. The third-order valence-electron chi connectivity index (χ3n) is 1.79. The van der Waals surface area contributed by atoms with E-state index in [-0.39, 0.29) is 5.97 Å². The van der Waals surface area contributed by atoms with Crippen LogP contribution in [0.5, 0.6) is 0 Å². The summed E-state index contributed by atoms with van der Waals surface area (Å²) in [4.78, 5) is 10.5. The highest BCUT2D eigenvalue weighted by atomic mass is 16.5. The Hall–Kier alpha value is -1.05. The van der Waals surface area contributed by atoms with E-state index in [0.29, 0.717) is 6.61 Å². The Balaban J connectivity index is 3.67. The molecule has 80 valence electrons. The molecule has 0 heterocycles. The summed E-state index contributed by atoms with van der Waals surface area (Å²) in [6, 6.07) is 0. The van der Waals surface area contributed by atoms with Gasteiger partial charge in [0.2, 0.25) is 0 Å². The fourth-order valence-corrected chi connectivity index (χ4v) is 0.954. The first-order chi connectivity index (χ1) is 6.52. The molecule has 0 rings (SSSR count). The lowest BCUT2D eigenvalue weighted by Crippen LogP contribution is -2.00. The first kappa shape index (κ1) is 12.9. The SMILES string of the molecule is CC(=O)OCC/C(C)=C/CC=C(C)C. The van der Waals surface area contributed by atoms with Gasteiger partial charge in [0, 0.05) is 13.3 Å². The van der Waals surface area contributed by atoms with E-state index in [2.05, 4.69) is 32.9 Å². The number of hydrogen-bond donors (Lipinski definition) is 0. The molecule has 0 N–H and O–H groups in total. The van der Waals surface area contributed by atoms with E-state index in [1.165, 1.54) is 18.1 Å². The van der Waals surface area contributed by atoms with Crippen LogP contribution in [0.4, 0.5) is 0 Å². The minimum Gasteiger partial charge on any atom is -0.466 e. The predicted octanol–water partition coefficient (Wildman–Crippen LogP) is 3.24. The van der Waals surface area contributed by atoms with Crippen molar-refractivity contribution in [3.63, 3.8) is 0 Å². The minimum atomic E-state index is -0.206. The van der Waals surface area contributed by atoms with Crippen LogP contribution in [0.15, 0.2) is 23.3 Å². The summed E-state index contributed by atoms with van der Waals surface area (Å²) < 4.78 is 4.84. The molecule has 0 saturated carbocycles. The van der Waals surface area contributed by atoms with Crippen LogP contribution in [0.1, 0.15) is 40.5 Å². The van der Waals surface area contributed by atoms with Crippen LogP contribution in [0.25, 0.3) is 0 Å². The van der Waals surface area contributed by atoms with Crippen molar-refractivity contribution in [2.45, 2.75) is 40.5 Å². The van der Waals surface area contributed by atoms with Gasteiger partial charge in [-0.3, -0.25) is 4.79 Å². The molecule has 0 aromatic heterocycles. The van der Waals surface area contributed by atoms with Crippen molar-refractivity contribution < 1.29 is 9.53 Å². The van der Waals surface area contributed by atoms with Crippen LogP contribution >= 0.6 is 0 Å². The van der Waals surface area contributed by atoms with E-state index < -0.39 is 0 Å². The molecule has 0 aliphatic heterocycles. The van der Waals surface area contributed by atoms with Crippen molar-refractivity contribution in [2.75, 3.05) is 6.61 Å². The summed E-state index contributed by atoms with van der Waals surface area (Å²) >= 11 is 0.